The van der Waals surface area contributed by atoms with Crippen molar-refractivity contribution in [3.63, 3.8) is 0 Å². The van der Waals surface area contributed by atoms with Crippen molar-refractivity contribution >= 4 is 23.7 Å². The second kappa shape index (κ2) is 30.4. The molecule has 2 N–H and O–H groups in total. The van der Waals surface area contributed by atoms with Gasteiger partial charge in [-0.05, 0) is 27.7 Å². The summed E-state index contributed by atoms with van der Waals surface area (Å²) < 4.78 is 0. The van der Waals surface area contributed by atoms with E-state index in [0.717, 1.165) is 12.2 Å². The van der Waals surface area contributed by atoms with E-state index in [9.17, 15) is 9.59 Å². The fraction of sp³-hybridized carbons (Fsp3) is 0.500. The molecule has 0 saturated heterocycles. The Labute approximate surface area is 82.3 Å². The molecule has 0 radical (unpaired) electrons. The van der Waals surface area contributed by atoms with Crippen LogP contribution in [0.4, 0.5) is 0 Å². The summed E-state index contributed by atoms with van der Waals surface area (Å²) in [7, 11) is 0. The number of carbonyl (C=O) groups excluding carboxylic acids is 4. The van der Waals surface area contributed by atoms with E-state index in [-0.39, 0.29) is 11.6 Å². The lowest BCUT2D eigenvalue weighted by Gasteiger charge is -1.56. The first-order valence-electron chi connectivity index (χ1n) is 3.32. The molecule has 0 aromatic carbocycles. The molecule has 0 fully saturated rings. The molecule has 0 saturated carbocycles. The van der Waals surface area contributed by atoms with E-state index in [1.165, 1.54) is 27.7 Å². The Kier molecular flexibility index (Phi) is 49.4. The predicted molar refractivity (Wildman–Crippen MR) is 49.5 cm³/mol. The molecule has 6 heteroatoms. The average Bonchev–Trinajstić information content (AvgIpc) is 1.85. The highest BCUT2D eigenvalue weighted by molar-refractivity contribution is 5.72. The molecule has 6 nitrogen and oxygen atoms in total. The largest absolute Gasteiger partial charge is 0.300 e. The lowest BCUT2D eigenvalue weighted by atomic mass is 10.6. The first-order chi connectivity index (χ1) is 6.29. The maximum Gasteiger partial charge on any atom is 0.231 e. The minimum Gasteiger partial charge on any atom is -0.300 e. The molecule has 0 rings (SSSR count). The number of Topliss-reactive ketones (excluding diaryl/α,β-unsaturated/α-hetero) is 2. The van der Waals surface area contributed by atoms with Crippen molar-refractivity contribution in [2.75, 3.05) is 0 Å². The summed E-state index contributed by atoms with van der Waals surface area (Å²) in [5.74, 6) is 0.333. The van der Waals surface area contributed by atoms with Crippen LogP contribution in [0, 0.1) is 10.8 Å². The molecule has 0 aliphatic rings. The van der Waals surface area contributed by atoms with Gasteiger partial charge in [-0.2, -0.15) is 0 Å². The maximum absolute atomic E-state index is 9.44. The van der Waals surface area contributed by atoms with Gasteiger partial charge in [0.05, 0.1) is 0 Å². The van der Waals surface area contributed by atoms with Crippen LogP contribution in [-0.4, -0.2) is 23.7 Å². The molecular weight excluding hydrogens is 188 g/mol. The lowest BCUT2D eigenvalue weighted by Crippen LogP contribution is -1.69. The van der Waals surface area contributed by atoms with Crippen LogP contribution in [-0.2, 0) is 19.2 Å². The molecular formula is C8H14N2O4. The molecule has 80 valence electrons. The Hall–Kier alpha value is -1.90. The number of ketones is 2. The molecule has 0 aliphatic carbocycles. The molecule has 0 atom stereocenters. The van der Waals surface area contributed by atoms with Gasteiger partial charge in [0.1, 0.15) is 11.6 Å². The Balaban J connectivity index is -0.0000000482. The molecule has 0 unspecified atom stereocenters. The van der Waals surface area contributed by atoms with Crippen molar-refractivity contribution in [2.45, 2.75) is 27.7 Å². The van der Waals surface area contributed by atoms with Gasteiger partial charge in [-0.25, -0.2) is 20.4 Å². The zero-order valence-electron chi connectivity index (χ0n) is 8.63. The van der Waals surface area contributed by atoms with Crippen LogP contribution >= 0.6 is 0 Å². The van der Waals surface area contributed by atoms with Crippen LogP contribution in [0.3, 0.4) is 0 Å². The highest BCUT2D eigenvalue weighted by Gasteiger charge is 1.62. The third kappa shape index (κ3) is 232. The van der Waals surface area contributed by atoms with Crippen molar-refractivity contribution in [1.82, 2.24) is 0 Å². The monoisotopic (exact) mass is 202 g/mol. The van der Waals surface area contributed by atoms with Gasteiger partial charge in [0.15, 0.2) is 0 Å². The lowest BCUT2D eigenvalue weighted by molar-refractivity contribution is -0.115. The van der Waals surface area contributed by atoms with Gasteiger partial charge in [0.2, 0.25) is 12.2 Å². The maximum atomic E-state index is 9.44. The third-order valence-electron chi connectivity index (χ3n) is 0. The van der Waals surface area contributed by atoms with Crippen LogP contribution in [0.2, 0.25) is 0 Å². The molecule has 0 amide bonds. The molecule has 0 spiro atoms. The Bertz CT molecular complexity index is 179. The molecule has 0 aliphatic heterocycles. The van der Waals surface area contributed by atoms with Crippen molar-refractivity contribution in [1.29, 1.82) is 10.8 Å². The van der Waals surface area contributed by atoms with E-state index in [4.69, 9.17) is 20.4 Å². The van der Waals surface area contributed by atoms with Crippen molar-refractivity contribution < 1.29 is 19.2 Å². The van der Waals surface area contributed by atoms with Crippen molar-refractivity contribution in [2.24, 2.45) is 0 Å². The molecule has 0 aromatic rings. The summed E-state index contributed by atoms with van der Waals surface area (Å²) in [6.07, 6.45) is 1.50. The summed E-state index contributed by atoms with van der Waals surface area (Å²) >= 11 is 0. The summed E-state index contributed by atoms with van der Waals surface area (Å²) in [5, 5.41) is 10.8. The van der Waals surface area contributed by atoms with Gasteiger partial charge in [-0.1, -0.05) is 0 Å². The van der Waals surface area contributed by atoms with Gasteiger partial charge in [0, 0.05) is 0 Å². The second-order valence-electron chi connectivity index (χ2n) is 2.02. The van der Waals surface area contributed by atoms with Crippen LogP contribution < -0.4 is 0 Å². The number of carbonyl (C=O) groups is 2. The molecule has 0 bridgehead atoms. The molecule has 0 aromatic heterocycles. The molecule has 0 heterocycles. The van der Waals surface area contributed by atoms with Crippen LogP contribution in [0.25, 0.3) is 0 Å². The highest BCUT2D eigenvalue weighted by atomic mass is 16.1. The summed E-state index contributed by atoms with van der Waals surface area (Å²) in [6.45, 7) is 6.11. The normalized spacial score (nSPS) is 4.86. The van der Waals surface area contributed by atoms with E-state index < -0.39 is 0 Å². The summed E-state index contributed by atoms with van der Waals surface area (Å²) in [5.41, 5.74) is 0. The van der Waals surface area contributed by atoms with Gasteiger partial charge in [-0.15, -0.1) is 0 Å². The minimum absolute atomic E-state index is 0.167. The van der Waals surface area contributed by atoms with Gasteiger partial charge < -0.3 is 9.59 Å². The fourth-order valence-corrected chi connectivity index (χ4v) is 0. The van der Waals surface area contributed by atoms with Crippen molar-refractivity contribution in [3.05, 3.63) is 0 Å². The minimum atomic E-state index is 0.167. The van der Waals surface area contributed by atoms with Gasteiger partial charge in [-0.3, -0.25) is 0 Å². The van der Waals surface area contributed by atoms with Crippen LogP contribution in [0.1, 0.15) is 27.7 Å². The zero-order chi connectivity index (χ0) is 12.6. The Morgan fingerprint density at radius 1 is 0.786 bits per heavy atom. The average molecular weight is 202 g/mol. The number of nitrogens with one attached hydrogen (secondary N) is 2. The first kappa shape index (κ1) is 22.7. The summed E-state index contributed by atoms with van der Waals surface area (Å²) in [4.78, 5) is 35.6. The smallest absolute Gasteiger partial charge is 0.231 e. The second-order valence-corrected chi connectivity index (χ2v) is 2.02. The number of isocyanates is 2. The number of hydrogen-bond donors (Lipinski definition) is 2. The van der Waals surface area contributed by atoms with E-state index in [1.807, 2.05) is 0 Å². The molecule has 14 heavy (non-hydrogen) atoms. The first-order valence-corrected chi connectivity index (χ1v) is 3.32. The zero-order valence-corrected chi connectivity index (χ0v) is 8.63. The number of rotatable bonds is 0. The van der Waals surface area contributed by atoms with Gasteiger partial charge in [0.25, 0.3) is 0 Å². The third-order valence-corrected chi connectivity index (χ3v) is 0. The van der Waals surface area contributed by atoms with E-state index in [0.29, 0.717) is 0 Å². The SMILES string of the molecule is CC(C)=O.CC(C)=O.N=C=O.N=C=O. The quantitative estimate of drug-likeness (QED) is 0.450. The Morgan fingerprint density at radius 3 is 0.786 bits per heavy atom. The van der Waals surface area contributed by atoms with Crippen LogP contribution in [0.15, 0.2) is 0 Å². The van der Waals surface area contributed by atoms with E-state index in [2.05, 4.69) is 0 Å². The van der Waals surface area contributed by atoms with Crippen molar-refractivity contribution in [3.8, 4) is 0 Å². The summed E-state index contributed by atoms with van der Waals surface area (Å²) in [6, 6.07) is 0. The van der Waals surface area contributed by atoms with Crippen LogP contribution in [0.5, 0.6) is 0 Å². The standard InChI is InChI=1S/2C3H6O.2CHNO/c2*1-3(2)4;2*2-1-3/h2*1-2H3;2*2H. The van der Waals surface area contributed by atoms with E-state index >= 15 is 0 Å². The van der Waals surface area contributed by atoms with E-state index in [1.54, 1.807) is 0 Å². The highest BCUT2D eigenvalue weighted by Crippen LogP contribution is 1.50. The topological polar surface area (TPSA) is 116 Å². The number of hydrogen-bond acceptors (Lipinski definition) is 6. The van der Waals surface area contributed by atoms with Gasteiger partial charge >= 0.3 is 0 Å². The Morgan fingerprint density at radius 2 is 0.786 bits per heavy atom. The fourth-order valence-electron chi connectivity index (χ4n) is 0. The predicted octanol–water partition coefficient (Wildman–Crippen LogP) is 0.993.